The molecule has 80 valence electrons. The second kappa shape index (κ2) is 3.20. The summed E-state index contributed by atoms with van der Waals surface area (Å²) in [4.78, 5) is 11.1. The SMILES string of the molecule is [B]c1c(O)c(O)c(O)c2oc(C(C)=O)cc12. The van der Waals surface area contributed by atoms with Gasteiger partial charge in [0.15, 0.2) is 22.9 Å². The average Bonchev–Trinajstić information content (AvgIpc) is 2.68. The quantitative estimate of drug-likeness (QED) is 0.369. The number of benzene rings is 1. The van der Waals surface area contributed by atoms with Crippen molar-refractivity contribution >= 4 is 30.1 Å². The van der Waals surface area contributed by atoms with E-state index in [1.54, 1.807) is 0 Å². The Morgan fingerprint density at radius 2 is 1.88 bits per heavy atom. The lowest BCUT2D eigenvalue weighted by Crippen LogP contribution is -2.03. The van der Waals surface area contributed by atoms with Gasteiger partial charge in [0.2, 0.25) is 11.5 Å². The van der Waals surface area contributed by atoms with E-state index in [4.69, 9.17) is 12.3 Å². The van der Waals surface area contributed by atoms with Crippen molar-refractivity contribution in [2.24, 2.45) is 0 Å². The summed E-state index contributed by atoms with van der Waals surface area (Å²) >= 11 is 0. The molecule has 0 unspecified atom stereocenters. The molecule has 2 aromatic rings. The lowest BCUT2D eigenvalue weighted by atomic mass is 9.90. The van der Waals surface area contributed by atoms with Crippen molar-refractivity contribution in [2.45, 2.75) is 6.92 Å². The minimum Gasteiger partial charge on any atom is -0.505 e. The van der Waals surface area contributed by atoms with Crippen LogP contribution in [-0.2, 0) is 0 Å². The van der Waals surface area contributed by atoms with Crippen molar-refractivity contribution in [3.8, 4) is 17.2 Å². The van der Waals surface area contributed by atoms with E-state index in [9.17, 15) is 20.1 Å². The summed E-state index contributed by atoms with van der Waals surface area (Å²) < 4.78 is 5.03. The normalized spacial score (nSPS) is 10.8. The first-order chi connectivity index (χ1) is 7.43. The van der Waals surface area contributed by atoms with Crippen molar-refractivity contribution in [3.05, 3.63) is 11.8 Å². The Morgan fingerprint density at radius 3 is 2.44 bits per heavy atom. The highest BCUT2D eigenvalue weighted by Crippen LogP contribution is 2.40. The number of carbonyl (C=O) groups excluding carboxylic acids is 1. The maximum Gasteiger partial charge on any atom is 0.205 e. The summed E-state index contributed by atoms with van der Waals surface area (Å²) in [5.41, 5.74) is -0.278. The van der Waals surface area contributed by atoms with Gasteiger partial charge in [0, 0.05) is 12.3 Å². The molecule has 3 N–H and O–H groups in total. The van der Waals surface area contributed by atoms with E-state index in [0.29, 0.717) is 0 Å². The zero-order valence-electron chi connectivity index (χ0n) is 8.31. The largest absolute Gasteiger partial charge is 0.505 e. The predicted octanol–water partition coefficient (Wildman–Crippen LogP) is 0.546. The number of ketones is 1. The topological polar surface area (TPSA) is 90.9 Å². The Hall–Kier alpha value is -2.11. The van der Waals surface area contributed by atoms with Gasteiger partial charge in [-0.3, -0.25) is 4.79 Å². The smallest absolute Gasteiger partial charge is 0.205 e. The summed E-state index contributed by atoms with van der Waals surface area (Å²) in [6.07, 6.45) is 0. The van der Waals surface area contributed by atoms with Gasteiger partial charge in [-0.1, -0.05) is 0 Å². The van der Waals surface area contributed by atoms with Crippen LogP contribution in [0.2, 0.25) is 0 Å². The molecule has 1 aromatic heterocycles. The Labute approximate surface area is 91.3 Å². The molecule has 0 aliphatic heterocycles. The van der Waals surface area contributed by atoms with Crippen LogP contribution in [0.1, 0.15) is 17.5 Å². The second-order valence-electron chi connectivity index (χ2n) is 3.37. The molecule has 6 heteroatoms. The van der Waals surface area contributed by atoms with Gasteiger partial charge in [-0.2, -0.15) is 0 Å². The van der Waals surface area contributed by atoms with Crippen LogP contribution < -0.4 is 5.46 Å². The zero-order valence-corrected chi connectivity index (χ0v) is 8.31. The molecule has 0 spiro atoms. The van der Waals surface area contributed by atoms with Gasteiger partial charge in [-0.05, 0) is 11.5 Å². The summed E-state index contributed by atoms with van der Waals surface area (Å²) in [6.45, 7) is 1.28. The van der Waals surface area contributed by atoms with Crippen molar-refractivity contribution in [1.82, 2.24) is 0 Å². The van der Waals surface area contributed by atoms with E-state index in [2.05, 4.69) is 0 Å². The zero-order chi connectivity index (χ0) is 12.0. The lowest BCUT2D eigenvalue weighted by Gasteiger charge is -2.05. The molecule has 0 bridgehead atoms. The molecule has 0 aliphatic rings. The van der Waals surface area contributed by atoms with E-state index >= 15 is 0 Å². The first-order valence-corrected chi connectivity index (χ1v) is 4.40. The Kier molecular flexibility index (Phi) is 2.08. The van der Waals surface area contributed by atoms with Gasteiger partial charge < -0.3 is 19.7 Å². The van der Waals surface area contributed by atoms with Gasteiger partial charge >= 0.3 is 0 Å². The van der Waals surface area contributed by atoms with Gasteiger partial charge in [0.1, 0.15) is 7.85 Å². The molecular weight excluding hydrogens is 211 g/mol. The predicted molar refractivity (Wildman–Crippen MR) is 56.6 cm³/mol. The summed E-state index contributed by atoms with van der Waals surface area (Å²) in [6, 6.07) is 1.30. The van der Waals surface area contributed by atoms with E-state index in [1.165, 1.54) is 13.0 Å². The molecule has 0 amide bonds. The summed E-state index contributed by atoms with van der Waals surface area (Å²) in [5.74, 6) is -2.42. The van der Waals surface area contributed by atoms with Crippen LogP contribution >= 0.6 is 0 Å². The lowest BCUT2D eigenvalue weighted by molar-refractivity contribution is 0.0989. The fraction of sp³-hybridized carbons (Fsp3) is 0.100. The Morgan fingerprint density at radius 1 is 1.25 bits per heavy atom. The van der Waals surface area contributed by atoms with Crippen LogP contribution in [-0.4, -0.2) is 28.9 Å². The van der Waals surface area contributed by atoms with Gasteiger partial charge in [-0.25, -0.2) is 0 Å². The van der Waals surface area contributed by atoms with E-state index in [-0.39, 0.29) is 28.0 Å². The van der Waals surface area contributed by atoms with Gasteiger partial charge in [0.25, 0.3) is 0 Å². The number of rotatable bonds is 1. The molecule has 16 heavy (non-hydrogen) atoms. The molecular formula is C10H7BO5. The fourth-order valence-corrected chi connectivity index (χ4v) is 1.42. The molecule has 2 rings (SSSR count). The molecule has 0 atom stereocenters. The average molecular weight is 218 g/mol. The molecule has 5 nitrogen and oxygen atoms in total. The number of carbonyl (C=O) groups is 1. The number of phenolic OH excluding ortho intramolecular Hbond substituents is 3. The molecule has 2 radical (unpaired) electrons. The third-order valence-corrected chi connectivity index (χ3v) is 2.29. The minimum atomic E-state index is -0.769. The number of fused-ring (bicyclic) bond motifs is 1. The molecule has 0 saturated heterocycles. The number of hydrogen-bond acceptors (Lipinski definition) is 5. The highest BCUT2D eigenvalue weighted by molar-refractivity contribution is 6.41. The molecule has 0 saturated carbocycles. The summed E-state index contributed by atoms with van der Waals surface area (Å²) in [7, 11) is 5.51. The standard InChI is InChI=1S/C10H7BO5/c1-3(12)5-2-4-6(11)7(13)8(14)9(15)10(4)16-5/h2,13-15H,1H3. The number of Topliss-reactive ketones (excluding diaryl/α,β-unsaturated/α-hetero) is 1. The van der Waals surface area contributed by atoms with E-state index < -0.39 is 17.2 Å². The van der Waals surface area contributed by atoms with Crippen molar-refractivity contribution in [1.29, 1.82) is 0 Å². The third kappa shape index (κ3) is 1.23. The Balaban J connectivity index is 2.92. The minimum absolute atomic E-state index is 0.0120. The fourth-order valence-electron chi connectivity index (χ4n) is 1.42. The van der Waals surface area contributed by atoms with Crippen LogP contribution in [0, 0.1) is 0 Å². The van der Waals surface area contributed by atoms with Gasteiger partial charge in [0.05, 0.1) is 0 Å². The molecule has 0 aliphatic carbocycles. The van der Waals surface area contributed by atoms with Crippen LogP contribution in [0.15, 0.2) is 10.5 Å². The first kappa shape index (κ1) is 10.4. The first-order valence-electron chi connectivity index (χ1n) is 4.40. The van der Waals surface area contributed by atoms with Crippen molar-refractivity contribution in [3.63, 3.8) is 0 Å². The van der Waals surface area contributed by atoms with E-state index in [1.807, 2.05) is 0 Å². The van der Waals surface area contributed by atoms with Gasteiger partial charge in [-0.15, -0.1) is 0 Å². The molecule has 1 heterocycles. The van der Waals surface area contributed by atoms with Crippen LogP contribution in [0.25, 0.3) is 11.0 Å². The van der Waals surface area contributed by atoms with Crippen molar-refractivity contribution < 1.29 is 24.5 Å². The number of hydrogen-bond donors (Lipinski definition) is 3. The maximum absolute atomic E-state index is 11.1. The van der Waals surface area contributed by atoms with Crippen LogP contribution in [0.3, 0.4) is 0 Å². The summed E-state index contributed by atoms with van der Waals surface area (Å²) in [5, 5.41) is 28.3. The number of phenols is 3. The van der Waals surface area contributed by atoms with Crippen LogP contribution in [0.4, 0.5) is 0 Å². The molecule has 0 fully saturated rings. The maximum atomic E-state index is 11.1. The van der Waals surface area contributed by atoms with Crippen molar-refractivity contribution in [2.75, 3.05) is 0 Å². The number of furan rings is 1. The number of aromatic hydroxyl groups is 3. The van der Waals surface area contributed by atoms with Crippen LogP contribution in [0.5, 0.6) is 17.2 Å². The molecule has 1 aromatic carbocycles. The highest BCUT2D eigenvalue weighted by Gasteiger charge is 2.20. The highest BCUT2D eigenvalue weighted by atomic mass is 16.4. The van der Waals surface area contributed by atoms with E-state index in [0.717, 1.165) is 0 Å². The second-order valence-corrected chi connectivity index (χ2v) is 3.37. The third-order valence-electron chi connectivity index (χ3n) is 2.29. The Bertz CT molecular complexity index is 554. The monoisotopic (exact) mass is 218 g/mol.